The van der Waals surface area contributed by atoms with Gasteiger partial charge in [0.05, 0.1) is 12.8 Å². The van der Waals surface area contributed by atoms with Crippen LogP contribution in [0, 0.1) is 0 Å². The first kappa shape index (κ1) is 29.9. The first-order valence-electron chi connectivity index (χ1n) is 13.1. The first-order chi connectivity index (χ1) is 17.9. The Balaban J connectivity index is 0.000000263. The number of aliphatic hydroxyl groups is 1. The van der Waals surface area contributed by atoms with Crippen molar-refractivity contribution in [2.45, 2.75) is 81.3 Å². The van der Waals surface area contributed by atoms with Gasteiger partial charge in [-0.15, -0.1) is 0 Å². The number of carboxylic acid groups (broad SMARTS) is 3. The lowest BCUT2D eigenvalue weighted by molar-refractivity contribution is -0.170. The zero-order valence-electron chi connectivity index (χ0n) is 21.5. The predicted molar refractivity (Wildman–Crippen MR) is 139 cm³/mol. The van der Waals surface area contributed by atoms with E-state index < -0.39 is 36.4 Å². The van der Waals surface area contributed by atoms with Crippen LogP contribution in [-0.4, -0.2) is 91.9 Å². The molecule has 210 valence electrons. The summed E-state index contributed by atoms with van der Waals surface area (Å²) in [7, 11) is 0. The Labute approximate surface area is 227 Å². The molecule has 2 saturated heterocycles. The second-order valence-corrected chi connectivity index (χ2v) is 11.1. The summed E-state index contributed by atoms with van der Waals surface area (Å²) in [6.07, 6.45) is 7.19. The van der Waals surface area contributed by atoms with E-state index in [1.54, 1.807) is 0 Å². The topological polar surface area (TPSA) is 156 Å². The SMILES string of the molecule is O=C(O)CC(O)(CC(=O)O)C(=O)O.O=C1CCCN1CCC1CCCCN1CC1(c2ccc(Cl)cc2)CC1. The van der Waals surface area contributed by atoms with Crippen molar-refractivity contribution in [2.24, 2.45) is 0 Å². The van der Waals surface area contributed by atoms with Crippen LogP contribution in [-0.2, 0) is 24.6 Å². The van der Waals surface area contributed by atoms with E-state index in [0.29, 0.717) is 17.4 Å². The van der Waals surface area contributed by atoms with E-state index >= 15 is 0 Å². The fourth-order valence-corrected chi connectivity index (χ4v) is 5.56. The molecule has 1 atom stereocenters. The van der Waals surface area contributed by atoms with Crippen molar-refractivity contribution in [2.75, 3.05) is 26.2 Å². The van der Waals surface area contributed by atoms with Crippen LogP contribution in [0.25, 0.3) is 0 Å². The molecular weight excluding hydrogens is 516 g/mol. The van der Waals surface area contributed by atoms with Crippen LogP contribution in [0.3, 0.4) is 0 Å². The Morgan fingerprint density at radius 2 is 1.61 bits per heavy atom. The fraction of sp³-hybridized carbons (Fsp3) is 0.630. The van der Waals surface area contributed by atoms with Gasteiger partial charge >= 0.3 is 17.9 Å². The van der Waals surface area contributed by atoms with Crippen LogP contribution in [0.15, 0.2) is 24.3 Å². The van der Waals surface area contributed by atoms with Gasteiger partial charge in [0.25, 0.3) is 0 Å². The lowest BCUT2D eigenvalue weighted by atomic mass is 9.91. The molecule has 2 aliphatic heterocycles. The summed E-state index contributed by atoms with van der Waals surface area (Å²) in [4.78, 5) is 47.2. The molecule has 4 rings (SSSR count). The van der Waals surface area contributed by atoms with E-state index in [1.165, 1.54) is 50.8 Å². The molecule has 0 radical (unpaired) electrons. The van der Waals surface area contributed by atoms with Crippen LogP contribution < -0.4 is 0 Å². The number of hydrogen-bond donors (Lipinski definition) is 4. The van der Waals surface area contributed by atoms with E-state index in [9.17, 15) is 19.2 Å². The average molecular weight is 553 g/mol. The van der Waals surface area contributed by atoms with Gasteiger partial charge in [0.15, 0.2) is 5.60 Å². The van der Waals surface area contributed by atoms with Crippen LogP contribution in [0.2, 0.25) is 5.02 Å². The minimum Gasteiger partial charge on any atom is -0.481 e. The van der Waals surface area contributed by atoms with Gasteiger partial charge in [-0.25, -0.2) is 4.79 Å². The summed E-state index contributed by atoms with van der Waals surface area (Å²) in [6, 6.07) is 9.15. The van der Waals surface area contributed by atoms with Gasteiger partial charge < -0.3 is 25.3 Å². The molecule has 1 amide bonds. The molecule has 38 heavy (non-hydrogen) atoms. The van der Waals surface area contributed by atoms with Crippen molar-refractivity contribution >= 4 is 35.4 Å². The molecule has 0 bridgehead atoms. The largest absolute Gasteiger partial charge is 0.481 e. The number of halogens is 1. The number of amides is 1. The molecular formula is C27H37ClN2O8. The Morgan fingerprint density at radius 3 is 2.11 bits per heavy atom. The third-order valence-electron chi connectivity index (χ3n) is 7.75. The third-order valence-corrected chi connectivity index (χ3v) is 8.01. The van der Waals surface area contributed by atoms with Crippen molar-refractivity contribution in [3.8, 4) is 0 Å². The molecule has 1 aromatic carbocycles. The zero-order chi connectivity index (χ0) is 27.9. The minimum atomic E-state index is -2.74. The maximum atomic E-state index is 11.9. The van der Waals surface area contributed by atoms with Crippen LogP contribution in [0.1, 0.15) is 69.8 Å². The molecule has 1 aliphatic carbocycles. The van der Waals surface area contributed by atoms with E-state index in [0.717, 1.165) is 37.4 Å². The van der Waals surface area contributed by atoms with Crippen LogP contribution in [0.4, 0.5) is 0 Å². The van der Waals surface area contributed by atoms with Gasteiger partial charge in [0.2, 0.25) is 5.91 Å². The molecule has 1 unspecified atom stereocenters. The van der Waals surface area contributed by atoms with Crippen LogP contribution in [0.5, 0.6) is 0 Å². The van der Waals surface area contributed by atoms with Gasteiger partial charge in [0.1, 0.15) is 0 Å². The van der Waals surface area contributed by atoms with Crippen molar-refractivity contribution in [3.63, 3.8) is 0 Å². The summed E-state index contributed by atoms with van der Waals surface area (Å²) < 4.78 is 0. The number of nitrogens with zero attached hydrogens (tertiary/aromatic N) is 2. The van der Waals surface area contributed by atoms with E-state index in [-0.39, 0.29) is 0 Å². The predicted octanol–water partition coefficient (Wildman–Crippen LogP) is 2.99. The number of benzene rings is 1. The number of carbonyl (C=O) groups excluding carboxylic acids is 1. The maximum absolute atomic E-state index is 11.9. The van der Waals surface area contributed by atoms with E-state index in [2.05, 4.69) is 21.9 Å². The number of likely N-dealkylation sites (tertiary alicyclic amines) is 2. The first-order valence-corrected chi connectivity index (χ1v) is 13.5. The summed E-state index contributed by atoms with van der Waals surface area (Å²) in [5.41, 5.74) is -0.933. The van der Waals surface area contributed by atoms with Gasteiger partial charge in [-0.05, 0) is 62.8 Å². The lowest BCUT2D eigenvalue weighted by Gasteiger charge is -2.39. The van der Waals surface area contributed by atoms with Gasteiger partial charge in [-0.3, -0.25) is 19.3 Å². The Kier molecular flexibility index (Phi) is 10.1. The summed E-state index contributed by atoms with van der Waals surface area (Å²) in [5, 5.41) is 34.6. The molecule has 1 aromatic rings. The number of hydrogen-bond acceptors (Lipinski definition) is 6. The highest BCUT2D eigenvalue weighted by molar-refractivity contribution is 6.30. The highest BCUT2D eigenvalue weighted by atomic mass is 35.5. The van der Waals surface area contributed by atoms with Gasteiger partial charge in [0, 0.05) is 42.5 Å². The highest BCUT2D eigenvalue weighted by Crippen LogP contribution is 2.49. The molecule has 10 nitrogen and oxygen atoms in total. The van der Waals surface area contributed by atoms with Crippen molar-refractivity contribution in [1.29, 1.82) is 0 Å². The van der Waals surface area contributed by atoms with Gasteiger partial charge in [-0.1, -0.05) is 30.2 Å². The van der Waals surface area contributed by atoms with E-state index in [4.69, 9.17) is 32.0 Å². The molecule has 2 heterocycles. The second-order valence-electron chi connectivity index (χ2n) is 10.7. The Morgan fingerprint density at radius 1 is 0.974 bits per heavy atom. The maximum Gasteiger partial charge on any atom is 0.336 e. The van der Waals surface area contributed by atoms with E-state index in [1.807, 2.05) is 12.1 Å². The van der Waals surface area contributed by atoms with Crippen molar-refractivity contribution < 1.29 is 39.6 Å². The Bertz CT molecular complexity index is 995. The number of piperidine rings is 1. The van der Waals surface area contributed by atoms with Crippen molar-refractivity contribution in [3.05, 3.63) is 34.9 Å². The number of aliphatic carboxylic acids is 3. The summed E-state index contributed by atoms with van der Waals surface area (Å²) >= 11 is 6.07. The quantitative estimate of drug-likeness (QED) is 0.324. The van der Waals surface area contributed by atoms with Crippen LogP contribution >= 0.6 is 11.6 Å². The average Bonchev–Trinajstić information content (AvgIpc) is 3.50. The van der Waals surface area contributed by atoms with Crippen molar-refractivity contribution in [1.82, 2.24) is 9.80 Å². The molecule has 3 fully saturated rings. The number of rotatable bonds is 11. The fourth-order valence-electron chi connectivity index (χ4n) is 5.44. The normalized spacial score (nSPS) is 20.9. The smallest absolute Gasteiger partial charge is 0.336 e. The summed E-state index contributed by atoms with van der Waals surface area (Å²) in [5.74, 6) is -4.66. The standard InChI is InChI=1S/C21H29ClN2O.C6H8O7/c22-18-8-6-17(7-9-18)21(11-12-21)16-24-13-2-1-4-19(24)10-15-23-14-3-5-20(23)25;7-3(8)1-6(13,5(11)12)2-4(9)10/h6-9,19H,1-5,10-16H2;13H,1-2H2,(H,7,8)(H,9,10)(H,11,12). The Hall–Kier alpha value is -2.69. The number of carbonyl (C=O) groups is 4. The lowest BCUT2D eigenvalue weighted by Crippen LogP contribution is -2.45. The highest BCUT2D eigenvalue weighted by Gasteiger charge is 2.46. The summed E-state index contributed by atoms with van der Waals surface area (Å²) in [6.45, 7) is 4.31. The van der Waals surface area contributed by atoms with Gasteiger partial charge in [-0.2, -0.15) is 0 Å². The molecule has 1 saturated carbocycles. The molecule has 11 heteroatoms. The second kappa shape index (κ2) is 12.9. The monoisotopic (exact) mass is 552 g/mol. The zero-order valence-corrected chi connectivity index (χ0v) is 22.2. The molecule has 0 aromatic heterocycles. The minimum absolute atomic E-state index is 0.351. The molecule has 4 N–H and O–H groups in total. The third kappa shape index (κ3) is 8.15. The molecule has 0 spiro atoms. The molecule has 3 aliphatic rings. The number of carboxylic acids is 3.